The summed E-state index contributed by atoms with van der Waals surface area (Å²) in [5.41, 5.74) is 2.59. The van der Waals surface area contributed by atoms with E-state index in [1.165, 1.54) is 34.6 Å². The zero-order valence-electron chi connectivity index (χ0n) is 15.8. The van der Waals surface area contributed by atoms with Crippen LogP contribution in [-0.2, 0) is 28.8 Å². The Bertz CT molecular complexity index is 812. The van der Waals surface area contributed by atoms with Gasteiger partial charge in [-0.15, -0.1) is 23.1 Å². The standard InChI is InChI=1S/C21H25NO3S2/c1-3-26-15-11-9-14(10-12-15)13-18(23)22-20-19(21(24)25-2)16-7-5-4-6-8-17(16)27-20/h9-12H,3-8,13H2,1-2H3,(H,22,23). The van der Waals surface area contributed by atoms with Crippen molar-refractivity contribution in [1.82, 2.24) is 0 Å². The van der Waals surface area contributed by atoms with Gasteiger partial charge in [-0.05, 0) is 54.7 Å². The van der Waals surface area contributed by atoms with Crippen LogP contribution in [0.4, 0.5) is 5.00 Å². The maximum absolute atomic E-state index is 12.6. The molecule has 1 aromatic carbocycles. The Morgan fingerprint density at radius 1 is 1.15 bits per heavy atom. The summed E-state index contributed by atoms with van der Waals surface area (Å²) in [6.07, 6.45) is 5.52. The minimum atomic E-state index is -0.356. The number of carbonyl (C=O) groups excluding carboxylic acids is 2. The van der Waals surface area contributed by atoms with Gasteiger partial charge >= 0.3 is 5.97 Å². The molecule has 1 N–H and O–H groups in total. The molecule has 0 saturated heterocycles. The summed E-state index contributed by atoms with van der Waals surface area (Å²) >= 11 is 3.31. The fourth-order valence-corrected chi connectivity index (χ4v) is 5.33. The number of anilines is 1. The zero-order valence-corrected chi connectivity index (χ0v) is 17.4. The summed E-state index contributed by atoms with van der Waals surface area (Å²) in [5, 5.41) is 3.60. The average Bonchev–Trinajstić information content (AvgIpc) is 2.83. The molecule has 144 valence electrons. The number of aryl methyl sites for hydroxylation is 1. The summed E-state index contributed by atoms with van der Waals surface area (Å²) < 4.78 is 4.99. The lowest BCUT2D eigenvalue weighted by molar-refractivity contribution is -0.115. The Hall–Kier alpha value is -1.79. The van der Waals surface area contributed by atoms with Crippen LogP contribution in [0.15, 0.2) is 29.2 Å². The minimum absolute atomic E-state index is 0.104. The van der Waals surface area contributed by atoms with Gasteiger partial charge in [0, 0.05) is 9.77 Å². The lowest BCUT2D eigenvalue weighted by Crippen LogP contribution is -2.16. The summed E-state index contributed by atoms with van der Waals surface area (Å²) in [7, 11) is 1.39. The molecule has 0 spiro atoms. The quantitative estimate of drug-likeness (QED) is 0.414. The number of fused-ring (bicyclic) bond motifs is 1. The van der Waals surface area contributed by atoms with Crippen LogP contribution in [0.1, 0.15) is 52.5 Å². The van der Waals surface area contributed by atoms with Crippen LogP contribution in [-0.4, -0.2) is 24.7 Å². The fourth-order valence-electron chi connectivity index (χ4n) is 3.38. The third kappa shape index (κ3) is 4.93. The molecule has 27 heavy (non-hydrogen) atoms. The van der Waals surface area contributed by atoms with Crippen LogP contribution in [0.3, 0.4) is 0 Å². The Kier molecular flexibility index (Phi) is 6.96. The number of amides is 1. The van der Waals surface area contributed by atoms with E-state index >= 15 is 0 Å². The van der Waals surface area contributed by atoms with Crippen molar-refractivity contribution in [1.29, 1.82) is 0 Å². The summed E-state index contributed by atoms with van der Waals surface area (Å²) in [5.74, 6) is 0.567. The van der Waals surface area contributed by atoms with Gasteiger partial charge in [-0.25, -0.2) is 4.79 Å². The third-order valence-corrected chi connectivity index (χ3v) is 6.76. The molecular formula is C21H25NO3S2. The van der Waals surface area contributed by atoms with Crippen LogP contribution < -0.4 is 5.32 Å². The maximum atomic E-state index is 12.6. The lowest BCUT2D eigenvalue weighted by atomic mass is 10.1. The maximum Gasteiger partial charge on any atom is 0.341 e. The lowest BCUT2D eigenvalue weighted by Gasteiger charge is -2.08. The van der Waals surface area contributed by atoms with Gasteiger partial charge in [0.1, 0.15) is 5.00 Å². The van der Waals surface area contributed by atoms with E-state index in [9.17, 15) is 9.59 Å². The van der Waals surface area contributed by atoms with Crippen LogP contribution in [0.25, 0.3) is 0 Å². The highest BCUT2D eigenvalue weighted by Gasteiger charge is 2.26. The molecule has 3 rings (SSSR count). The van der Waals surface area contributed by atoms with Crippen molar-refractivity contribution < 1.29 is 14.3 Å². The van der Waals surface area contributed by atoms with E-state index in [2.05, 4.69) is 12.2 Å². The number of hydrogen-bond acceptors (Lipinski definition) is 5. The van der Waals surface area contributed by atoms with Crippen molar-refractivity contribution in [2.45, 2.75) is 50.3 Å². The monoisotopic (exact) mass is 403 g/mol. The predicted molar refractivity (Wildman–Crippen MR) is 112 cm³/mol. The second-order valence-electron chi connectivity index (χ2n) is 6.56. The van der Waals surface area contributed by atoms with Crippen LogP contribution in [0, 0.1) is 0 Å². The molecule has 4 nitrogen and oxygen atoms in total. The summed E-state index contributed by atoms with van der Waals surface area (Å²) in [6.45, 7) is 2.12. The van der Waals surface area contributed by atoms with Crippen molar-refractivity contribution in [3.63, 3.8) is 0 Å². The largest absolute Gasteiger partial charge is 0.465 e. The first-order valence-electron chi connectivity index (χ1n) is 9.36. The molecule has 0 atom stereocenters. The van der Waals surface area contributed by atoms with Crippen LogP contribution in [0.5, 0.6) is 0 Å². The van der Waals surface area contributed by atoms with E-state index in [0.29, 0.717) is 17.0 Å². The number of methoxy groups -OCH3 is 1. The van der Waals surface area contributed by atoms with Gasteiger partial charge in [0.15, 0.2) is 0 Å². The Labute approximate surface area is 168 Å². The predicted octanol–water partition coefficient (Wildman–Crippen LogP) is 5.10. The first kappa shape index (κ1) is 20.0. The number of esters is 1. The Morgan fingerprint density at radius 2 is 1.89 bits per heavy atom. The van der Waals surface area contributed by atoms with E-state index in [1.807, 2.05) is 24.3 Å². The number of ether oxygens (including phenoxy) is 1. The molecule has 0 unspecified atom stereocenters. The van der Waals surface area contributed by atoms with Crippen molar-refractivity contribution in [2.24, 2.45) is 0 Å². The molecule has 6 heteroatoms. The second kappa shape index (κ2) is 9.42. The van der Waals surface area contributed by atoms with Crippen LogP contribution in [0.2, 0.25) is 0 Å². The molecule has 0 radical (unpaired) electrons. The van der Waals surface area contributed by atoms with Crippen molar-refractivity contribution in [3.05, 3.63) is 45.8 Å². The second-order valence-corrected chi connectivity index (χ2v) is 9.00. The van der Waals surface area contributed by atoms with Crippen molar-refractivity contribution in [2.75, 3.05) is 18.2 Å². The first-order chi connectivity index (χ1) is 13.1. The Morgan fingerprint density at radius 3 is 2.59 bits per heavy atom. The molecule has 1 aliphatic rings. The van der Waals surface area contributed by atoms with E-state index in [4.69, 9.17) is 4.74 Å². The van der Waals surface area contributed by atoms with E-state index in [0.717, 1.165) is 42.6 Å². The molecule has 0 bridgehead atoms. The molecule has 1 amide bonds. The van der Waals surface area contributed by atoms with Gasteiger partial charge in [0.05, 0.1) is 19.1 Å². The smallest absolute Gasteiger partial charge is 0.341 e. The normalized spacial score (nSPS) is 13.6. The number of benzene rings is 1. The average molecular weight is 404 g/mol. The summed E-state index contributed by atoms with van der Waals surface area (Å²) in [6, 6.07) is 8.07. The number of thioether (sulfide) groups is 1. The molecule has 1 aromatic heterocycles. The fraction of sp³-hybridized carbons (Fsp3) is 0.429. The number of hydrogen-bond donors (Lipinski definition) is 1. The number of rotatable bonds is 6. The van der Waals surface area contributed by atoms with Gasteiger partial charge in [-0.1, -0.05) is 25.5 Å². The topological polar surface area (TPSA) is 55.4 Å². The van der Waals surface area contributed by atoms with Gasteiger partial charge in [0.25, 0.3) is 0 Å². The van der Waals surface area contributed by atoms with E-state index in [-0.39, 0.29) is 11.9 Å². The molecule has 0 saturated carbocycles. The van der Waals surface area contributed by atoms with Crippen molar-refractivity contribution in [3.8, 4) is 0 Å². The van der Waals surface area contributed by atoms with Crippen molar-refractivity contribution >= 4 is 40.0 Å². The Balaban J connectivity index is 1.76. The summed E-state index contributed by atoms with van der Waals surface area (Å²) in [4.78, 5) is 27.3. The number of thiophene rings is 1. The van der Waals surface area contributed by atoms with Gasteiger partial charge in [-0.2, -0.15) is 0 Å². The zero-order chi connectivity index (χ0) is 19.2. The number of nitrogens with one attached hydrogen (secondary N) is 1. The van der Waals surface area contributed by atoms with Gasteiger partial charge in [0.2, 0.25) is 5.91 Å². The van der Waals surface area contributed by atoms with Gasteiger partial charge in [-0.3, -0.25) is 4.79 Å². The van der Waals surface area contributed by atoms with E-state index < -0.39 is 0 Å². The molecule has 0 fully saturated rings. The molecule has 2 aromatic rings. The SMILES string of the molecule is CCSc1ccc(CC(=O)Nc2sc3c(c2C(=O)OC)CCCCC3)cc1. The highest BCUT2D eigenvalue weighted by Crippen LogP contribution is 2.38. The third-order valence-electron chi connectivity index (χ3n) is 4.66. The van der Waals surface area contributed by atoms with Gasteiger partial charge < -0.3 is 10.1 Å². The minimum Gasteiger partial charge on any atom is -0.465 e. The number of carbonyl (C=O) groups is 2. The highest BCUT2D eigenvalue weighted by molar-refractivity contribution is 7.99. The molecule has 1 heterocycles. The molecular weight excluding hydrogens is 378 g/mol. The van der Waals surface area contributed by atoms with Crippen LogP contribution >= 0.6 is 23.1 Å². The molecule has 0 aliphatic heterocycles. The molecule has 1 aliphatic carbocycles. The first-order valence-corrected chi connectivity index (χ1v) is 11.2. The highest BCUT2D eigenvalue weighted by atomic mass is 32.2. The van der Waals surface area contributed by atoms with E-state index in [1.54, 1.807) is 11.8 Å².